The first kappa shape index (κ1) is 17.7. The highest BCUT2D eigenvalue weighted by Gasteiger charge is 2.13. The van der Waals surface area contributed by atoms with Gasteiger partial charge in [-0.3, -0.25) is 9.69 Å². The summed E-state index contributed by atoms with van der Waals surface area (Å²) < 4.78 is 0. The molecule has 0 spiro atoms. The van der Waals surface area contributed by atoms with Gasteiger partial charge < -0.3 is 5.32 Å². The summed E-state index contributed by atoms with van der Waals surface area (Å²) in [6.07, 6.45) is 0.951. The van der Waals surface area contributed by atoms with Crippen molar-refractivity contribution in [2.75, 3.05) is 18.4 Å². The Bertz CT molecular complexity index is 734. The number of carbonyl (C=O) groups excluding carboxylic acids is 1. The predicted octanol–water partition coefficient (Wildman–Crippen LogP) is 3.72. The molecule has 0 aliphatic rings. The largest absolute Gasteiger partial charge is 0.325 e. The van der Waals surface area contributed by atoms with Crippen LogP contribution in [-0.2, 0) is 11.3 Å². The van der Waals surface area contributed by atoms with Crippen molar-refractivity contribution in [3.63, 3.8) is 0 Å². The molecule has 0 bridgehead atoms. The second-order valence-corrected chi connectivity index (χ2v) is 5.84. The molecular weight excluding hydrogens is 298 g/mol. The first-order valence-electron chi connectivity index (χ1n) is 8.20. The smallest absolute Gasteiger partial charge is 0.238 e. The molecule has 2 aromatic carbocycles. The van der Waals surface area contributed by atoms with Crippen molar-refractivity contribution < 1.29 is 4.79 Å². The van der Waals surface area contributed by atoms with Gasteiger partial charge in [-0.05, 0) is 43.1 Å². The lowest BCUT2D eigenvalue weighted by molar-refractivity contribution is -0.117. The lowest BCUT2D eigenvalue weighted by Gasteiger charge is -2.22. The summed E-state index contributed by atoms with van der Waals surface area (Å²) in [5.41, 5.74) is 3.51. The summed E-state index contributed by atoms with van der Waals surface area (Å²) in [7, 11) is 0. The summed E-state index contributed by atoms with van der Waals surface area (Å²) >= 11 is 0. The monoisotopic (exact) mass is 321 g/mol. The molecule has 0 atom stereocenters. The Labute approximate surface area is 143 Å². The third-order valence-corrected chi connectivity index (χ3v) is 3.86. The van der Waals surface area contributed by atoms with Crippen molar-refractivity contribution in [2.45, 2.75) is 26.8 Å². The first-order valence-corrected chi connectivity index (χ1v) is 8.20. The first-order chi connectivity index (χ1) is 11.6. The zero-order chi connectivity index (χ0) is 17.4. The van der Waals surface area contributed by atoms with E-state index in [2.05, 4.69) is 23.2 Å². The third kappa shape index (κ3) is 4.94. The number of amides is 1. The maximum absolute atomic E-state index is 12.4. The summed E-state index contributed by atoms with van der Waals surface area (Å²) in [5.74, 6) is -0.0350. The van der Waals surface area contributed by atoms with E-state index in [1.54, 1.807) is 0 Å². The average Bonchev–Trinajstić information content (AvgIpc) is 2.57. The Morgan fingerprint density at radius 3 is 2.58 bits per heavy atom. The molecule has 0 aromatic heterocycles. The molecule has 0 aliphatic carbocycles. The van der Waals surface area contributed by atoms with Crippen molar-refractivity contribution in [1.82, 2.24) is 4.90 Å². The summed E-state index contributed by atoms with van der Waals surface area (Å²) in [6, 6.07) is 17.5. The third-order valence-electron chi connectivity index (χ3n) is 3.86. The maximum Gasteiger partial charge on any atom is 0.238 e. The molecule has 1 amide bonds. The molecule has 0 aliphatic heterocycles. The topological polar surface area (TPSA) is 56.1 Å². The molecule has 0 heterocycles. The van der Waals surface area contributed by atoms with Gasteiger partial charge in [-0.15, -0.1) is 0 Å². The van der Waals surface area contributed by atoms with Gasteiger partial charge >= 0.3 is 0 Å². The number of benzene rings is 2. The Kier molecular flexibility index (Phi) is 6.53. The van der Waals surface area contributed by atoms with Crippen LogP contribution in [0.3, 0.4) is 0 Å². The highest BCUT2D eigenvalue weighted by Crippen LogP contribution is 2.14. The fraction of sp³-hybridized carbons (Fsp3) is 0.300. The van der Waals surface area contributed by atoms with E-state index in [0.717, 1.165) is 29.8 Å². The molecule has 0 unspecified atom stereocenters. The van der Waals surface area contributed by atoms with Gasteiger partial charge in [0.05, 0.1) is 18.2 Å². The number of nitrogens with one attached hydrogen (secondary N) is 1. The van der Waals surface area contributed by atoms with Gasteiger partial charge in [0.25, 0.3) is 0 Å². The fourth-order valence-corrected chi connectivity index (χ4v) is 2.64. The lowest BCUT2D eigenvalue weighted by atomic mass is 10.1. The number of nitrogens with zero attached hydrogens (tertiary/aromatic N) is 2. The number of hydrogen-bond donors (Lipinski definition) is 1. The van der Waals surface area contributed by atoms with Crippen LogP contribution in [0.1, 0.15) is 30.0 Å². The van der Waals surface area contributed by atoms with Gasteiger partial charge in [0.1, 0.15) is 0 Å². The van der Waals surface area contributed by atoms with Crippen LogP contribution in [0.2, 0.25) is 0 Å². The van der Waals surface area contributed by atoms with E-state index >= 15 is 0 Å². The molecule has 4 heteroatoms. The van der Waals surface area contributed by atoms with E-state index in [1.165, 1.54) is 0 Å². The molecule has 124 valence electrons. The van der Waals surface area contributed by atoms with Gasteiger partial charge in [-0.1, -0.05) is 43.3 Å². The Hall–Kier alpha value is -2.64. The second kappa shape index (κ2) is 8.85. The van der Waals surface area contributed by atoms with Gasteiger partial charge in [0.2, 0.25) is 5.91 Å². The number of nitriles is 1. The number of hydrogen-bond acceptors (Lipinski definition) is 3. The molecule has 0 radical (unpaired) electrons. The van der Waals surface area contributed by atoms with E-state index in [-0.39, 0.29) is 5.91 Å². The van der Waals surface area contributed by atoms with Crippen LogP contribution in [0.25, 0.3) is 0 Å². The normalized spacial score (nSPS) is 10.4. The molecule has 2 rings (SSSR count). The average molecular weight is 321 g/mol. The summed E-state index contributed by atoms with van der Waals surface area (Å²) in [4.78, 5) is 14.5. The van der Waals surface area contributed by atoms with E-state index in [1.807, 2.05) is 55.5 Å². The number of anilines is 1. The minimum absolute atomic E-state index is 0.0350. The predicted molar refractivity (Wildman–Crippen MR) is 96.5 cm³/mol. The second-order valence-electron chi connectivity index (χ2n) is 5.84. The number of para-hydroxylation sites is 1. The highest BCUT2D eigenvalue weighted by atomic mass is 16.2. The summed E-state index contributed by atoms with van der Waals surface area (Å²) in [5, 5.41) is 12.2. The number of carbonyl (C=O) groups is 1. The lowest BCUT2D eigenvalue weighted by Crippen LogP contribution is -2.33. The van der Waals surface area contributed by atoms with Crippen LogP contribution < -0.4 is 5.32 Å². The van der Waals surface area contributed by atoms with E-state index in [4.69, 9.17) is 0 Å². The Morgan fingerprint density at radius 1 is 1.17 bits per heavy atom. The highest BCUT2D eigenvalue weighted by molar-refractivity contribution is 5.92. The minimum atomic E-state index is -0.0350. The Balaban J connectivity index is 2.04. The van der Waals surface area contributed by atoms with Crippen LogP contribution in [0.5, 0.6) is 0 Å². The van der Waals surface area contributed by atoms with Gasteiger partial charge in [-0.25, -0.2) is 0 Å². The van der Waals surface area contributed by atoms with E-state index in [0.29, 0.717) is 18.7 Å². The van der Waals surface area contributed by atoms with Gasteiger partial charge in [0.15, 0.2) is 0 Å². The zero-order valence-electron chi connectivity index (χ0n) is 14.2. The van der Waals surface area contributed by atoms with Crippen LogP contribution in [0, 0.1) is 18.3 Å². The summed E-state index contributed by atoms with van der Waals surface area (Å²) in [6.45, 7) is 5.77. The molecule has 4 nitrogen and oxygen atoms in total. The van der Waals surface area contributed by atoms with Crippen molar-refractivity contribution >= 4 is 11.6 Å². The maximum atomic E-state index is 12.4. The Morgan fingerprint density at radius 2 is 1.88 bits per heavy atom. The van der Waals surface area contributed by atoms with Crippen molar-refractivity contribution in [3.05, 3.63) is 65.2 Å². The number of aryl methyl sites for hydroxylation is 1. The molecular formula is C20H23N3O. The fourth-order valence-electron chi connectivity index (χ4n) is 2.64. The minimum Gasteiger partial charge on any atom is -0.325 e. The van der Waals surface area contributed by atoms with E-state index < -0.39 is 0 Å². The quantitative estimate of drug-likeness (QED) is 0.845. The molecule has 0 saturated carbocycles. The van der Waals surface area contributed by atoms with Crippen LogP contribution in [0.15, 0.2) is 48.5 Å². The number of rotatable bonds is 7. The SMILES string of the molecule is CCCN(CC(=O)Nc1ccccc1C)Cc1ccccc1C#N. The van der Waals surface area contributed by atoms with Crippen molar-refractivity contribution in [1.29, 1.82) is 5.26 Å². The van der Waals surface area contributed by atoms with E-state index in [9.17, 15) is 10.1 Å². The van der Waals surface area contributed by atoms with Crippen LogP contribution in [-0.4, -0.2) is 23.9 Å². The van der Waals surface area contributed by atoms with Gasteiger partial charge in [0, 0.05) is 12.2 Å². The van der Waals surface area contributed by atoms with Crippen LogP contribution >= 0.6 is 0 Å². The van der Waals surface area contributed by atoms with Crippen molar-refractivity contribution in [2.24, 2.45) is 0 Å². The molecule has 0 saturated heterocycles. The van der Waals surface area contributed by atoms with Crippen molar-refractivity contribution in [3.8, 4) is 6.07 Å². The molecule has 2 aromatic rings. The van der Waals surface area contributed by atoms with Gasteiger partial charge in [-0.2, -0.15) is 5.26 Å². The molecule has 0 fully saturated rings. The molecule has 24 heavy (non-hydrogen) atoms. The zero-order valence-corrected chi connectivity index (χ0v) is 14.2. The standard InChI is InChI=1S/C20H23N3O/c1-3-12-23(14-18-10-6-5-9-17(18)13-21)15-20(24)22-19-11-7-4-8-16(19)2/h4-11H,3,12,14-15H2,1-2H3,(H,22,24). The molecule has 1 N–H and O–H groups in total. The van der Waals surface area contributed by atoms with Crippen LogP contribution in [0.4, 0.5) is 5.69 Å².